The maximum atomic E-state index is 13.4. The molecule has 0 heterocycles. The third-order valence-corrected chi connectivity index (χ3v) is 2.11. The number of benzene rings is 1. The van der Waals surface area contributed by atoms with Gasteiger partial charge in [0.15, 0.2) is 17.4 Å². The fourth-order valence-corrected chi connectivity index (χ4v) is 1.27. The number of methoxy groups -OCH3 is 1. The Balaban J connectivity index is 0. The minimum atomic E-state index is -2.72. The Bertz CT molecular complexity index is 537. The molecular weight excluding hydrogens is 367 g/mol. The molecule has 0 aliphatic carbocycles. The molecule has 110 valence electrons. The van der Waals surface area contributed by atoms with Gasteiger partial charge in [-0.1, -0.05) is 0 Å². The summed E-state index contributed by atoms with van der Waals surface area (Å²) in [5.74, 6) is -10.9. The first kappa shape index (κ1) is 25.7. The van der Waals surface area contributed by atoms with Crippen molar-refractivity contribution in [3.05, 3.63) is 28.8 Å². The standard InChI is InChI=1S/C9H6BF4NO5.2K/c1-19-8-3(9(16)15-2-20-10(17)18)4(11)5(12)6(13)7(8)14;;/h2H2,1H3,(H,15,16);;/q-2;2*+1. The summed E-state index contributed by atoms with van der Waals surface area (Å²) in [6.07, 6.45) is 0. The van der Waals surface area contributed by atoms with E-state index >= 15 is 0 Å². The first-order valence-corrected chi connectivity index (χ1v) is 4.92. The van der Waals surface area contributed by atoms with Crippen molar-refractivity contribution in [2.45, 2.75) is 0 Å². The Morgan fingerprint density at radius 3 is 2.05 bits per heavy atom. The minimum Gasteiger partial charge on any atom is -0.871 e. The molecule has 6 nitrogen and oxygen atoms in total. The Kier molecular flexibility index (Phi) is 13.9. The van der Waals surface area contributed by atoms with Crippen molar-refractivity contribution in [3.8, 4) is 5.75 Å². The van der Waals surface area contributed by atoms with Gasteiger partial charge < -0.3 is 24.8 Å². The SMILES string of the molecule is COc1c(F)c(F)c(F)c(F)c1C(=O)NCOB([O-])[O-].[K+].[K+]. The third kappa shape index (κ3) is 6.38. The van der Waals surface area contributed by atoms with E-state index in [2.05, 4.69) is 9.39 Å². The molecule has 0 saturated carbocycles. The average molecular weight is 373 g/mol. The maximum Gasteiger partial charge on any atom is 1.00 e. The van der Waals surface area contributed by atoms with E-state index in [4.69, 9.17) is 0 Å². The molecule has 0 radical (unpaired) electrons. The summed E-state index contributed by atoms with van der Waals surface area (Å²) in [6.45, 7) is -0.931. The van der Waals surface area contributed by atoms with Crippen LogP contribution in [0.2, 0.25) is 0 Å². The number of halogens is 4. The Labute approximate surface area is 207 Å². The van der Waals surface area contributed by atoms with Crippen molar-refractivity contribution in [3.63, 3.8) is 0 Å². The van der Waals surface area contributed by atoms with E-state index in [-0.39, 0.29) is 103 Å². The molecule has 22 heavy (non-hydrogen) atoms. The summed E-state index contributed by atoms with van der Waals surface area (Å²) >= 11 is 0. The van der Waals surface area contributed by atoms with Gasteiger partial charge in [-0.15, -0.1) is 0 Å². The number of carbonyl (C=O) groups is 1. The second-order valence-corrected chi connectivity index (χ2v) is 3.27. The number of hydrogen-bond donors (Lipinski definition) is 1. The number of rotatable bonds is 5. The number of nitrogens with one attached hydrogen (secondary N) is 1. The molecule has 0 aliphatic rings. The van der Waals surface area contributed by atoms with Crippen molar-refractivity contribution in [2.75, 3.05) is 13.8 Å². The zero-order valence-electron chi connectivity index (χ0n) is 11.8. The average Bonchev–Trinajstić information content (AvgIpc) is 2.39. The van der Waals surface area contributed by atoms with Crippen LogP contribution >= 0.6 is 0 Å². The van der Waals surface area contributed by atoms with Gasteiger partial charge in [0.2, 0.25) is 11.6 Å². The Hall–Kier alpha value is 1.43. The second kappa shape index (κ2) is 11.9. The van der Waals surface area contributed by atoms with Gasteiger partial charge in [-0.2, -0.15) is 4.39 Å². The van der Waals surface area contributed by atoms with E-state index in [1.807, 2.05) is 0 Å². The van der Waals surface area contributed by atoms with Gasteiger partial charge in [-0.25, -0.2) is 13.2 Å². The van der Waals surface area contributed by atoms with Crippen LogP contribution in [0.4, 0.5) is 17.6 Å². The van der Waals surface area contributed by atoms with E-state index in [0.29, 0.717) is 0 Å². The zero-order valence-corrected chi connectivity index (χ0v) is 18.1. The van der Waals surface area contributed by atoms with Crippen molar-refractivity contribution in [1.29, 1.82) is 0 Å². The first-order chi connectivity index (χ1) is 9.31. The predicted octanol–water partition coefficient (Wildman–Crippen LogP) is -7.33. The van der Waals surface area contributed by atoms with E-state index in [1.165, 1.54) is 0 Å². The molecule has 1 amide bonds. The number of ether oxygens (including phenoxy) is 1. The number of amides is 1. The van der Waals surface area contributed by atoms with Gasteiger partial charge >= 0.3 is 103 Å². The molecule has 0 unspecified atom stereocenters. The largest absolute Gasteiger partial charge is 1.00 e. The minimum absolute atomic E-state index is 0. The summed E-state index contributed by atoms with van der Waals surface area (Å²) in [7, 11) is -1.92. The molecule has 0 atom stereocenters. The molecule has 1 N–H and O–H groups in total. The summed E-state index contributed by atoms with van der Waals surface area (Å²) in [4.78, 5) is 11.5. The molecule has 0 aliphatic heterocycles. The van der Waals surface area contributed by atoms with Crippen LogP contribution in [0.3, 0.4) is 0 Å². The van der Waals surface area contributed by atoms with E-state index in [9.17, 15) is 32.4 Å². The van der Waals surface area contributed by atoms with E-state index < -0.39 is 54.5 Å². The van der Waals surface area contributed by atoms with Crippen molar-refractivity contribution < 1.29 is 145 Å². The van der Waals surface area contributed by atoms with Crippen LogP contribution in [0.5, 0.6) is 5.75 Å². The fraction of sp³-hybridized carbons (Fsp3) is 0.222. The quantitative estimate of drug-likeness (QED) is 0.182. The summed E-state index contributed by atoms with van der Waals surface area (Å²) in [5, 5.41) is 21.7. The Morgan fingerprint density at radius 2 is 1.59 bits per heavy atom. The predicted molar refractivity (Wildman–Crippen MR) is 52.0 cm³/mol. The van der Waals surface area contributed by atoms with Gasteiger partial charge in [0, 0.05) is 0 Å². The molecular formula is C9H6BF4K2NO5. The van der Waals surface area contributed by atoms with Crippen LogP contribution in [-0.2, 0) is 4.65 Å². The van der Waals surface area contributed by atoms with Gasteiger partial charge in [0.05, 0.1) is 14.4 Å². The van der Waals surface area contributed by atoms with E-state index in [1.54, 1.807) is 5.32 Å². The zero-order chi connectivity index (χ0) is 15.4. The number of hydrogen-bond acceptors (Lipinski definition) is 5. The van der Waals surface area contributed by atoms with Crippen molar-refractivity contribution >= 4 is 13.2 Å². The first-order valence-electron chi connectivity index (χ1n) is 4.92. The normalized spacial score (nSPS) is 9.41. The van der Waals surface area contributed by atoms with Crippen LogP contribution in [-0.4, -0.2) is 27.1 Å². The molecule has 0 saturated heterocycles. The fourth-order valence-electron chi connectivity index (χ4n) is 1.27. The smallest absolute Gasteiger partial charge is 0.871 e. The third-order valence-electron chi connectivity index (χ3n) is 2.11. The molecule has 0 spiro atoms. The summed E-state index contributed by atoms with van der Waals surface area (Å²) in [6, 6.07) is 0. The molecule has 0 aromatic heterocycles. The maximum absolute atomic E-state index is 13.4. The van der Waals surface area contributed by atoms with Crippen molar-refractivity contribution in [1.82, 2.24) is 5.32 Å². The van der Waals surface area contributed by atoms with Gasteiger partial charge in [0.25, 0.3) is 5.91 Å². The van der Waals surface area contributed by atoms with Crippen LogP contribution in [0.15, 0.2) is 0 Å². The van der Waals surface area contributed by atoms with Crippen LogP contribution in [0.25, 0.3) is 0 Å². The summed E-state index contributed by atoms with van der Waals surface area (Å²) in [5.41, 5.74) is -1.26. The Morgan fingerprint density at radius 1 is 1.09 bits per heavy atom. The van der Waals surface area contributed by atoms with Gasteiger partial charge in [-0.3, -0.25) is 4.79 Å². The number of carbonyl (C=O) groups excluding carboxylic acids is 1. The molecule has 1 aromatic rings. The van der Waals surface area contributed by atoms with Crippen LogP contribution in [0, 0.1) is 23.3 Å². The molecule has 1 rings (SSSR count). The molecule has 0 bridgehead atoms. The van der Waals surface area contributed by atoms with Gasteiger partial charge in [0.1, 0.15) is 12.3 Å². The monoisotopic (exact) mass is 373 g/mol. The van der Waals surface area contributed by atoms with E-state index in [0.717, 1.165) is 7.11 Å². The van der Waals surface area contributed by atoms with Crippen molar-refractivity contribution in [2.24, 2.45) is 0 Å². The van der Waals surface area contributed by atoms with Crippen LogP contribution < -0.4 is 123 Å². The van der Waals surface area contributed by atoms with Gasteiger partial charge in [-0.05, 0) is 0 Å². The molecule has 13 heteroatoms. The van der Waals surface area contributed by atoms with Crippen LogP contribution in [0.1, 0.15) is 10.4 Å². The second-order valence-electron chi connectivity index (χ2n) is 3.27. The topological polar surface area (TPSA) is 93.7 Å². The molecule has 1 aromatic carbocycles. The summed E-state index contributed by atoms with van der Waals surface area (Å²) < 4.78 is 60.8. The molecule has 0 fully saturated rings.